The van der Waals surface area contributed by atoms with Crippen LogP contribution < -0.4 is 5.32 Å². The molecule has 1 heterocycles. The summed E-state index contributed by atoms with van der Waals surface area (Å²) in [5.41, 5.74) is 1.36. The van der Waals surface area contributed by atoms with Crippen molar-refractivity contribution in [1.82, 2.24) is 5.32 Å². The quantitative estimate of drug-likeness (QED) is 0.858. The molecule has 0 aliphatic rings. The third-order valence-corrected chi connectivity index (χ3v) is 4.27. The second-order valence-corrected chi connectivity index (χ2v) is 6.20. The molecule has 1 aromatic carbocycles. The summed E-state index contributed by atoms with van der Waals surface area (Å²) in [6.45, 7) is 0.504. The maximum absolute atomic E-state index is 12.2. The van der Waals surface area contributed by atoms with Crippen LogP contribution in [0.2, 0.25) is 4.34 Å². The molecular formula is C15H16ClNO3S. The number of thiophene rings is 1. The topological polar surface area (TPSA) is 58.6 Å². The lowest BCUT2D eigenvalue weighted by molar-refractivity contribution is 0.0913. The Kier molecular flexibility index (Phi) is 5.76. The van der Waals surface area contributed by atoms with Crippen LogP contribution in [0.1, 0.15) is 26.9 Å². The third-order valence-electron chi connectivity index (χ3n) is 2.94. The minimum Gasteiger partial charge on any atom is -0.386 e. The molecule has 4 nitrogen and oxygen atoms in total. The SMILES string of the molecule is COCc1ccccc1C(=O)NC[C@@H](O)c1ccc(Cl)s1. The van der Waals surface area contributed by atoms with Crippen molar-refractivity contribution in [3.8, 4) is 0 Å². The predicted molar refractivity (Wildman–Crippen MR) is 83.8 cm³/mol. The van der Waals surface area contributed by atoms with E-state index in [1.165, 1.54) is 11.3 Å². The van der Waals surface area contributed by atoms with E-state index < -0.39 is 6.10 Å². The van der Waals surface area contributed by atoms with E-state index in [2.05, 4.69) is 5.32 Å². The summed E-state index contributed by atoms with van der Waals surface area (Å²) in [7, 11) is 1.58. The molecule has 1 aromatic heterocycles. The predicted octanol–water partition coefficient (Wildman–Crippen LogP) is 3.01. The Balaban J connectivity index is 1.98. The monoisotopic (exact) mass is 325 g/mol. The van der Waals surface area contributed by atoms with Crippen molar-refractivity contribution < 1.29 is 14.6 Å². The summed E-state index contributed by atoms with van der Waals surface area (Å²) in [4.78, 5) is 12.9. The van der Waals surface area contributed by atoms with Gasteiger partial charge in [0.1, 0.15) is 6.10 Å². The number of nitrogens with one attached hydrogen (secondary N) is 1. The zero-order chi connectivity index (χ0) is 15.2. The zero-order valence-corrected chi connectivity index (χ0v) is 13.1. The second kappa shape index (κ2) is 7.56. The molecule has 1 atom stereocenters. The summed E-state index contributed by atoms with van der Waals surface area (Å²) in [5, 5.41) is 12.7. The van der Waals surface area contributed by atoms with Gasteiger partial charge in [-0.15, -0.1) is 11.3 Å². The van der Waals surface area contributed by atoms with Crippen LogP contribution in [0.5, 0.6) is 0 Å². The van der Waals surface area contributed by atoms with E-state index in [-0.39, 0.29) is 12.5 Å². The first-order valence-electron chi connectivity index (χ1n) is 6.40. The van der Waals surface area contributed by atoms with E-state index in [1.807, 2.05) is 12.1 Å². The number of halogens is 1. The van der Waals surface area contributed by atoms with Gasteiger partial charge < -0.3 is 15.2 Å². The largest absolute Gasteiger partial charge is 0.386 e. The molecule has 0 bridgehead atoms. The second-order valence-electron chi connectivity index (χ2n) is 4.46. The van der Waals surface area contributed by atoms with Crippen LogP contribution in [-0.4, -0.2) is 24.7 Å². The lowest BCUT2D eigenvalue weighted by Gasteiger charge is -2.12. The molecule has 6 heteroatoms. The molecule has 0 fully saturated rings. The van der Waals surface area contributed by atoms with Crippen molar-refractivity contribution in [2.24, 2.45) is 0 Å². The van der Waals surface area contributed by atoms with Crippen LogP contribution in [0.15, 0.2) is 36.4 Å². The van der Waals surface area contributed by atoms with Gasteiger partial charge in [-0.05, 0) is 23.8 Å². The molecule has 0 saturated carbocycles. The highest BCUT2D eigenvalue weighted by atomic mass is 35.5. The van der Waals surface area contributed by atoms with Gasteiger partial charge in [-0.3, -0.25) is 4.79 Å². The third kappa shape index (κ3) is 4.28. The van der Waals surface area contributed by atoms with Crippen LogP contribution >= 0.6 is 22.9 Å². The first-order chi connectivity index (χ1) is 10.1. The summed E-state index contributed by atoms with van der Waals surface area (Å²) in [6.07, 6.45) is -0.763. The molecule has 1 amide bonds. The van der Waals surface area contributed by atoms with Gasteiger partial charge in [0.05, 0.1) is 10.9 Å². The van der Waals surface area contributed by atoms with Gasteiger partial charge in [-0.1, -0.05) is 29.8 Å². The van der Waals surface area contributed by atoms with Gasteiger partial charge in [0, 0.05) is 24.1 Å². The molecule has 21 heavy (non-hydrogen) atoms. The lowest BCUT2D eigenvalue weighted by Crippen LogP contribution is -2.29. The minimum atomic E-state index is -0.763. The van der Waals surface area contributed by atoms with E-state index in [9.17, 15) is 9.90 Å². The average molecular weight is 326 g/mol. The van der Waals surface area contributed by atoms with Gasteiger partial charge in [0.25, 0.3) is 5.91 Å². The number of benzene rings is 1. The van der Waals surface area contributed by atoms with Crippen LogP contribution in [0.4, 0.5) is 0 Å². The first kappa shape index (κ1) is 16.0. The standard InChI is InChI=1S/C15H16ClNO3S/c1-20-9-10-4-2-3-5-11(10)15(19)17-8-12(18)13-6-7-14(16)21-13/h2-7,12,18H,8-9H2,1H3,(H,17,19)/t12-/m1/s1. The molecule has 0 spiro atoms. The Morgan fingerprint density at radius 3 is 2.81 bits per heavy atom. The van der Waals surface area contributed by atoms with Gasteiger partial charge >= 0.3 is 0 Å². The first-order valence-corrected chi connectivity index (χ1v) is 7.59. The van der Waals surface area contributed by atoms with E-state index in [1.54, 1.807) is 31.4 Å². The fourth-order valence-electron chi connectivity index (χ4n) is 1.92. The number of carbonyl (C=O) groups excluding carboxylic acids is 1. The van der Waals surface area contributed by atoms with Crippen LogP contribution in [-0.2, 0) is 11.3 Å². The van der Waals surface area contributed by atoms with Crippen molar-refractivity contribution in [3.63, 3.8) is 0 Å². The summed E-state index contributed by atoms with van der Waals surface area (Å²) >= 11 is 7.12. The van der Waals surface area contributed by atoms with Gasteiger partial charge in [0.15, 0.2) is 0 Å². The fraction of sp³-hybridized carbons (Fsp3) is 0.267. The molecule has 0 aliphatic carbocycles. The Hall–Kier alpha value is -1.40. The maximum Gasteiger partial charge on any atom is 0.251 e. The normalized spacial score (nSPS) is 12.1. The number of hydrogen-bond donors (Lipinski definition) is 2. The number of hydrogen-bond acceptors (Lipinski definition) is 4. The van der Waals surface area contributed by atoms with E-state index >= 15 is 0 Å². The zero-order valence-electron chi connectivity index (χ0n) is 11.5. The Bertz CT molecular complexity index is 614. The number of aliphatic hydroxyl groups is 1. The highest BCUT2D eigenvalue weighted by Gasteiger charge is 2.14. The number of amides is 1. The highest BCUT2D eigenvalue weighted by molar-refractivity contribution is 7.16. The Morgan fingerprint density at radius 2 is 2.14 bits per heavy atom. The van der Waals surface area contributed by atoms with E-state index in [0.717, 1.165) is 10.4 Å². The van der Waals surface area contributed by atoms with Crippen molar-refractivity contribution in [3.05, 3.63) is 56.7 Å². The van der Waals surface area contributed by atoms with Crippen molar-refractivity contribution in [2.45, 2.75) is 12.7 Å². The summed E-state index contributed by atoms with van der Waals surface area (Å²) in [6, 6.07) is 10.7. The molecule has 0 saturated heterocycles. The molecule has 2 aromatic rings. The molecule has 0 unspecified atom stereocenters. The van der Waals surface area contributed by atoms with Gasteiger partial charge in [-0.2, -0.15) is 0 Å². The van der Waals surface area contributed by atoms with E-state index in [0.29, 0.717) is 16.5 Å². The minimum absolute atomic E-state index is 0.136. The molecule has 2 N–H and O–H groups in total. The Morgan fingerprint density at radius 1 is 1.38 bits per heavy atom. The number of methoxy groups -OCH3 is 1. The van der Waals surface area contributed by atoms with E-state index in [4.69, 9.17) is 16.3 Å². The molecule has 0 radical (unpaired) electrons. The molecular weight excluding hydrogens is 310 g/mol. The lowest BCUT2D eigenvalue weighted by atomic mass is 10.1. The number of ether oxygens (including phenoxy) is 1. The molecule has 0 aliphatic heterocycles. The maximum atomic E-state index is 12.2. The number of carbonyl (C=O) groups is 1. The summed E-state index contributed by atoms with van der Waals surface area (Å²) < 4.78 is 5.69. The van der Waals surface area contributed by atoms with Crippen LogP contribution in [0, 0.1) is 0 Å². The molecule has 112 valence electrons. The average Bonchev–Trinajstić information content (AvgIpc) is 2.92. The number of aliphatic hydroxyl groups excluding tert-OH is 1. The Labute approximate surface area is 132 Å². The highest BCUT2D eigenvalue weighted by Crippen LogP contribution is 2.26. The number of rotatable bonds is 6. The van der Waals surface area contributed by atoms with Crippen molar-refractivity contribution in [2.75, 3.05) is 13.7 Å². The van der Waals surface area contributed by atoms with Gasteiger partial charge in [0.2, 0.25) is 0 Å². The van der Waals surface area contributed by atoms with Crippen LogP contribution in [0.25, 0.3) is 0 Å². The van der Waals surface area contributed by atoms with Crippen molar-refractivity contribution in [1.29, 1.82) is 0 Å². The smallest absolute Gasteiger partial charge is 0.251 e. The fourth-order valence-corrected chi connectivity index (χ4v) is 2.96. The van der Waals surface area contributed by atoms with Crippen molar-refractivity contribution >= 4 is 28.8 Å². The molecule has 2 rings (SSSR count). The van der Waals surface area contributed by atoms with Gasteiger partial charge in [-0.25, -0.2) is 0 Å². The van der Waals surface area contributed by atoms with Crippen LogP contribution in [0.3, 0.4) is 0 Å². The summed E-state index contributed by atoms with van der Waals surface area (Å²) in [5.74, 6) is -0.232.